The van der Waals surface area contributed by atoms with Crippen LogP contribution >= 0.6 is 23.4 Å². The molecule has 0 heterocycles. The highest BCUT2D eigenvalue weighted by atomic mass is 35.5. The molecule has 1 N–H and O–H groups in total. The first-order valence-electron chi connectivity index (χ1n) is 6.35. The summed E-state index contributed by atoms with van der Waals surface area (Å²) in [6.07, 6.45) is 0.705. The van der Waals surface area contributed by atoms with Crippen molar-refractivity contribution in [2.45, 2.75) is 18.2 Å². The average Bonchev–Trinajstić information content (AvgIpc) is 2.47. The molecule has 4 heteroatoms. The molecule has 2 aromatic carbocycles. The van der Waals surface area contributed by atoms with Crippen molar-refractivity contribution < 1.29 is 5.21 Å². The predicted molar refractivity (Wildman–Crippen MR) is 86.3 cm³/mol. The maximum Gasteiger partial charge on any atom is 0.0876 e. The van der Waals surface area contributed by atoms with E-state index in [0.717, 1.165) is 11.3 Å². The molecular weight excluding hydrogens is 290 g/mol. The number of hydrogen-bond donors (Lipinski definition) is 1. The highest BCUT2D eigenvalue weighted by Gasteiger charge is 2.05. The Bertz CT molecular complexity index is 578. The first kappa shape index (κ1) is 14.9. The summed E-state index contributed by atoms with van der Waals surface area (Å²) in [6.45, 7) is 2.07. The van der Waals surface area contributed by atoms with Crippen LogP contribution < -0.4 is 0 Å². The van der Waals surface area contributed by atoms with Gasteiger partial charge in [0, 0.05) is 22.1 Å². The van der Waals surface area contributed by atoms with E-state index in [1.165, 1.54) is 10.5 Å². The lowest BCUT2D eigenvalue weighted by atomic mass is 10.1. The lowest BCUT2D eigenvalue weighted by Crippen LogP contribution is -2.02. The number of halogens is 1. The summed E-state index contributed by atoms with van der Waals surface area (Å²) in [5.41, 5.74) is 2.84. The first-order chi connectivity index (χ1) is 9.69. The van der Waals surface area contributed by atoms with Crippen LogP contribution in [0.2, 0.25) is 5.02 Å². The van der Waals surface area contributed by atoms with Gasteiger partial charge in [0.15, 0.2) is 0 Å². The molecule has 0 aromatic heterocycles. The van der Waals surface area contributed by atoms with Gasteiger partial charge in [-0.25, -0.2) is 0 Å². The molecule has 0 unspecified atom stereocenters. The van der Waals surface area contributed by atoms with E-state index in [0.29, 0.717) is 17.2 Å². The van der Waals surface area contributed by atoms with Crippen molar-refractivity contribution in [1.29, 1.82) is 0 Å². The van der Waals surface area contributed by atoms with Crippen molar-refractivity contribution in [2.24, 2.45) is 5.16 Å². The number of oxime groups is 1. The third-order valence-corrected chi connectivity index (χ3v) is 4.19. The van der Waals surface area contributed by atoms with Crippen molar-refractivity contribution in [1.82, 2.24) is 0 Å². The van der Waals surface area contributed by atoms with Crippen LogP contribution in [0.15, 0.2) is 58.6 Å². The van der Waals surface area contributed by atoms with E-state index in [1.807, 2.05) is 12.1 Å². The summed E-state index contributed by atoms with van der Waals surface area (Å²) in [4.78, 5) is 1.23. The number of thioether (sulfide) groups is 1. The summed E-state index contributed by atoms with van der Waals surface area (Å²) in [5.74, 6) is 0.866. The zero-order valence-electron chi connectivity index (χ0n) is 11.2. The van der Waals surface area contributed by atoms with Crippen molar-refractivity contribution in [3.05, 3.63) is 64.7 Å². The number of nitrogens with zero attached hydrogens (tertiary/aromatic N) is 1. The van der Waals surface area contributed by atoms with Crippen LogP contribution in [0.1, 0.15) is 17.5 Å². The predicted octanol–water partition coefficient (Wildman–Crippen LogP) is 5.01. The Morgan fingerprint density at radius 3 is 2.35 bits per heavy atom. The molecule has 0 saturated carbocycles. The van der Waals surface area contributed by atoms with Gasteiger partial charge in [0.2, 0.25) is 0 Å². The summed E-state index contributed by atoms with van der Waals surface area (Å²) < 4.78 is 0. The summed E-state index contributed by atoms with van der Waals surface area (Å²) in [5, 5.41) is 13.2. The summed E-state index contributed by atoms with van der Waals surface area (Å²) in [6, 6.07) is 15.8. The Morgan fingerprint density at radius 1 is 1.10 bits per heavy atom. The molecule has 2 nitrogen and oxygen atoms in total. The minimum absolute atomic E-state index is 0.681. The third-order valence-electron chi connectivity index (χ3n) is 2.93. The summed E-state index contributed by atoms with van der Waals surface area (Å²) >= 11 is 7.60. The quantitative estimate of drug-likeness (QED) is 0.364. The molecule has 0 aliphatic carbocycles. The number of aryl methyl sites for hydroxylation is 1. The molecule has 20 heavy (non-hydrogen) atoms. The smallest absolute Gasteiger partial charge is 0.0876 e. The Kier molecular flexibility index (Phi) is 5.50. The molecule has 0 bridgehead atoms. The van der Waals surface area contributed by atoms with Gasteiger partial charge in [-0.1, -0.05) is 46.6 Å². The van der Waals surface area contributed by atoms with Gasteiger partial charge in [0.1, 0.15) is 0 Å². The van der Waals surface area contributed by atoms with Gasteiger partial charge in [-0.2, -0.15) is 0 Å². The van der Waals surface area contributed by atoms with Crippen LogP contribution in [0.4, 0.5) is 0 Å². The van der Waals surface area contributed by atoms with E-state index in [4.69, 9.17) is 16.8 Å². The fraction of sp³-hybridized carbons (Fsp3) is 0.188. The molecule has 104 valence electrons. The number of hydrogen-bond acceptors (Lipinski definition) is 3. The lowest BCUT2D eigenvalue weighted by molar-refractivity contribution is 0.318. The van der Waals surface area contributed by atoms with Gasteiger partial charge in [0.25, 0.3) is 0 Å². The molecule has 2 aromatic rings. The molecule has 0 aliphatic rings. The van der Waals surface area contributed by atoms with Crippen molar-refractivity contribution in [3.8, 4) is 0 Å². The Labute approximate surface area is 128 Å². The molecule has 0 aliphatic heterocycles. The highest BCUT2D eigenvalue weighted by molar-refractivity contribution is 7.99. The van der Waals surface area contributed by atoms with E-state index in [1.54, 1.807) is 23.9 Å². The standard InChI is InChI=1S/C16H16ClNOS/c1-12-2-8-15(9-3-12)20-11-10-16(18-19)13-4-6-14(17)7-5-13/h2-9,19H,10-11H2,1H3/b18-16+. The molecule has 0 spiro atoms. The molecule has 0 fully saturated rings. The van der Waals surface area contributed by atoms with Crippen LogP contribution in [0.3, 0.4) is 0 Å². The van der Waals surface area contributed by atoms with Crippen LogP contribution in [-0.2, 0) is 0 Å². The van der Waals surface area contributed by atoms with E-state index < -0.39 is 0 Å². The van der Waals surface area contributed by atoms with Crippen molar-refractivity contribution in [2.75, 3.05) is 5.75 Å². The Hall–Kier alpha value is -1.45. The average molecular weight is 306 g/mol. The fourth-order valence-electron chi connectivity index (χ4n) is 1.79. The van der Waals surface area contributed by atoms with E-state index >= 15 is 0 Å². The van der Waals surface area contributed by atoms with Crippen LogP contribution in [0.5, 0.6) is 0 Å². The van der Waals surface area contributed by atoms with E-state index in [-0.39, 0.29) is 0 Å². The summed E-state index contributed by atoms with van der Waals surface area (Å²) in [7, 11) is 0. The molecule has 0 saturated heterocycles. The van der Waals surface area contributed by atoms with Crippen molar-refractivity contribution >= 4 is 29.1 Å². The van der Waals surface area contributed by atoms with E-state index in [2.05, 4.69) is 36.3 Å². The van der Waals surface area contributed by atoms with Crippen molar-refractivity contribution in [3.63, 3.8) is 0 Å². The zero-order chi connectivity index (χ0) is 14.4. The SMILES string of the molecule is Cc1ccc(SCC/C(=N\O)c2ccc(Cl)cc2)cc1. The second-order valence-corrected chi connectivity index (χ2v) is 6.07. The first-order valence-corrected chi connectivity index (χ1v) is 7.72. The van der Waals surface area contributed by atoms with E-state index in [9.17, 15) is 0 Å². The third kappa shape index (κ3) is 4.29. The Balaban J connectivity index is 1.91. The monoisotopic (exact) mass is 305 g/mol. The van der Waals surface area contributed by atoms with Gasteiger partial charge in [-0.3, -0.25) is 0 Å². The van der Waals surface area contributed by atoms with Crippen LogP contribution in [0.25, 0.3) is 0 Å². The minimum atomic E-state index is 0.681. The van der Waals surface area contributed by atoms with Gasteiger partial charge >= 0.3 is 0 Å². The normalized spacial score (nSPS) is 11.6. The maximum atomic E-state index is 9.13. The number of rotatable bonds is 5. The Morgan fingerprint density at radius 2 is 1.75 bits per heavy atom. The molecule has 2 rings (SSSR count). The zero-order valence-corrected chi connectivity index (χ0v) is 12.8. The molecular formula is C16H16ClNOS. The fourth-order valence-corrected chi connectivity index (χ4v) is 2.78. The largest absolute Gasteiger partial charge is 0.411 e. The van der Waals surface area contributed by atoms with Gasteiger partial charge < -0.3 is 5.21 Å². The topological polar surface area (TPSA) is 32.6 Å². The molecule has 0 atom stereocenters. The maximum absolute atomic E-state index is 9.13. The molecule has 0 amide bonds. The lowest BCUT2D eigenvalue weighted by Gasteiger charge is -2.05. The van der Waals surface area contributed by atoms with Gasteiger partial charge in [-0.15, -0.1) is 11.8 Å². The molecule has 0 radical (unpaired) electrons. The minimum Gasteiger partial charge on any atom is -0.411 e. The van der Waals surface area contributed by atoms with Crippen LogP contribution in [-0.4, -0.2) is 16.7 Å². The highest BCUT2D eigenvalue weighted by Crippen LogP contribution is 2.20. The van der Waals surface area contributed by atoms with Gasteiger partial charge in [0.05, 0.1) is 5.71 Å². The number of benzene rings is 2. The van der Waals surface area contributed by atoms with Crippen LogP contribution in [0, 0.1) is 6.92 Å². The van der Waals surface area contributed by atoms with Gasteiger partial charge in [-0.05, 0) is 36.8 Å². The second kappa shape index (κ2) is 7.36. The second-order valence-electron chi connectivity index (χ2n) is 4.47.